The largest absolute Gasteiger partial charge is 0.396 e. The van der Waals surface area contributed by atoms with Gasteiger partial charge in [-0.05, 0) is 5.41 Å². The summed E-state index contributed by atoms with van der Waals surface area (Å²) in [5.74, 6) is 0.572. The zero-order valence-electron chi connectivity index (χ0n) is 7.53. The molecule has 9 N–H and O–H groups in total. The van der Waals surface area contributed by atoms with E-state index in [0.29, 0.717) is 5.75 Å². The normalized spacial score (nSPS) is 10.5. The average Bonchev–Trinajstić information content (AvgIpc) is 1.85. The Morgan fingerprint density at radius 2 is 1.67 bits per heavy atom. The molecule has 5 nitrogen and oxygen atoms in total. The van der Waals surface area contributed by atoms with Crippen LogP contribution >= 0.6 is 19.0 Å². The van der Waals surface area contributed by atoms with E-state index in [4.69, 9.17) is 14.9 Å². The van der Waals surface area contributed by atoms with Gasteiger partial charge in [0.05, 0.1) is 0 Å². The molecule has 0 aliphatic heterocycles. The maximum Gasteiger partial charge on any atom is 0.232 e. The summed E-state index contributed by atoms with van der Waals surface area (Å²) in [6.07, 6.45) is 0. The van der Waals surface area contributed by atoms with Crippen LogP contribution in [0.15, 0.2) is 0 Å². The first-order chi connectivity index (χ1) is 4.48. The molecule has 0 aromatic rings. The molecule has 0 amide bonds. The Hall–Kier alpha value is 0.580. The van der Waals surface area contributed by atoms with E-state index >= 15 is 0 Å². The zero-order valence-corrected chi connectivity index (χ0v) is 9.24. The third-order valence-corrected chi connectivity index (χ3v) is 3.22. The Morgan fingerprint density at radius 1 is 1.25 bits per heavy atom. The Balaban J connectivity index is -0.000000405. The van der Waals surface area contributed by atoms with Crippen LogP contribution in [0.5, 0.6) is 0 Å². The second-order valence-electron chi connectivity index (χ2n) is 2.85. The molecule has 0 aliphatic rings. The van der Waals surface area contributed by atoms with Crippen LogP contribution in [0.4, 0.5) is 0 Å². The van der Waals surface area contributed by atoms with E-state index in [1.165, 1.54) is 0 Å². The van der Waals surface area contributed by atoms with Crippen LogP contribution in [0.1, 0.15) is 13.8 Å². The number of hydrogen-bond acceptors (Lipinski definition) is 6. The number of aliphatic hydroxyl groups is 1. The number of aliphatic hydroxyl groups excluding tert-OH is 1. The van der Waals surface area contributed by atoms with Crippen molar-refractivity contribution in [2.75, 3.05) is 12.4 Å². The molecule has 0 bridgehead atoms. The highest BCUT2D eigenvalue weighted by atomic mass is 32.7. The van der Waals surface area contributed by atoms with Gasteiger partial charge in [-0.3, -0.25) is 0 Å². The molecule has 0 fully saturated rings. The smallest absolute Gasteiger partial charge is 0.232 e. The SMILES string of the molecule is CC(C)(CO)CSP(O)O.N.N. The maximum absolute atomic E-state index is 8.74. The van der Waals surface area contributed by atoms with Crippen LogP contribution in [0.2, 0.25) is 0 Å². The molecule has 0 radical (unpaired) electrons. The van der Waals surface area contributed by atoms with E-state index in [1.54, 1.807) is 0 Å². The fraction of sp³-hybridized carbons (Fsp3) is 1.00. The summed E-state index contributed by atoms with van der Waals surface area (Å²) >= 11 is 1.08. The van der Waals surface area contributed by atoms with Gasteiger partial charge in [0, 0.05) is 12.4 Å². The van der Waals surface area contributed by atoms with Crippen LogP contribution in [0.3, 0.4) is 0 Å². The summed E-state index contributed by atoms with van der Waals surface area (Å²) in [5.41, 5.74) is -0.212. The van der Waals surface area contributed by atoms with Crippen molar-refractivity contribution in [1.29, 1.82) is 0 Å². The molecule has 0 saturated heterocycles. The summed E-state index contributed by atoms with van der Waals surface area (Å²) in [7, 11) is -1.86. The van der Waals surface area contributed by atoms with E-state index in [9.17, 15) is 0 Å². The summed E-state index contributed by atoms with van der Waals surface area (Å²) < 4.78 is 0. The molecule has 12 heavy (non-hydrogen) atoms. The standard InChI is InChI=1S/C5H13O3PS.2H3N/c1-5(2,3-6)4-10-9(7)8;;/h6-8H,3-4H2,1-2H3;2*1H3. The van der Waals surface area contributed by atoms with Gasteiger partial charge in [0.2, 0.25) is 7.58 Å². The number of rotatable bonds is 4. The lowest BCUT2D eigenvalue weighted by Crippen LogP contribution is -2.19. The molecule has 0 aromatic carbocycles. The van der Waals surface area contributed by atoms with Crippen molar-refractivity contribution in [3.05, 3.63) is 0 Å². The van der Waals surface area contributed by atoms with Crippen molar-refractivity contribution in [3.63, 3.8) is 0 Å². The third-order valence-electron chi connectivity index (χ3n) is 0.999. The van der Waals surface area contributed by atoms with E-state index in [-0.39, 0.29) is 24.3 Å². The zero-order chi connectivity index (χ0) is 8.20. The van der Waals surface area contributed by atoms with Gasteiger partial charge >= 0.3 is 0 Å². The lowest BCUT2D eigenvalue weighted by atomic mass is 9.98. The van der Waals surface area contributed by atoms with Crippen LogP contribution < -0.4 is 12.3 Å². The van der Waals surface area contributed by atoms with Gasteiger partial charge in [-0.25, -0.2) is 0 Å². The summed E-state index contributed by atoms with van der Waals surface area (Å²) in [5, 5.41) is 8.74. The van der Waals surface area contributed by atoms with Crippen LogP contribution in [-0.2, 0) is 0 Å². The minimum absolute atomic E-state index is 0. The molecule has 0 aliphatic carbocycles. The predicted molar refractivity (Wildman–Crippen MR) is 54.7 cm³/mol. The van der Waals surface area contributed by atoms with E-state index in [1.807, 2.05) is 13.8 Å². The Kier molecular flexibility index (Phi) is 12.5. The lowest BCUT2D eigenvalue weighted by Gasteiger charge is -2.20. The monoisotopic (exact) mass is 218 g/mol. The fourth-order valence-corrected chi connectivity index (χ4v) is 2.23. The lowest BCUT2D eigenvalue weighted by molar-refractivity contribution is 0.181. The average molecular weight is 218 g/mol. The minimum atomic E-state index is -1.86. The van der Waals surface area contributed by atoms with Gasteiger partial charge in [-0.2, -0.15) is 0 Å². The highest BCUT2D eigenvalue weighted by Gasteiger charge is 2.18. The first-order valence-electron chi connectivity index (χ1n) is 2.89. The molecule has 0 heterocycles. The van der Waals surface area contributed by atoms with Crippen molar-refractivity contribution in [2.24, 2.45) is 5.41 Å². The molecule has 78 valence electrons. The van der Waals surface area contributed by atoms with Crippen molar-refractivity contribution in [3.8, 4) is 0 Å². The van der Waals surface area contributed by atoms with Crippen molar-refractivity contribution >= 4 is 19.0 Å². The summed E-state index contributed by atoms with van der Waals surface area (Å²) in [6.45, 7) is 3.82. The molecular weight excluding hydrogens is 199 g/mol. The molecule has 7 heteroatoms. The molecular formula is C5H19N2O3PS. The highest BCUT2D eigenvalue weighted by molar-refractivity contribution is 8.52. The fourth-order valence-electron chi connectivity index (χ4n) is 0.278. The second kappa shape index (κ2) is 8.19. The van der Waals surface area contributed by atoms with Crippen LogP contribution in [-0.4, -0.2) is 27.3 Å². The van der Waals surface area contributed by atoms with Gasteiger partial charge < -0.3 is 27.2 Å². The Morgan fingerprint density at radius 3 is 1.92 bits per heavy atom. The Labute approximate surface area is 78.4 Å². The highest BCUT2D eigenvalue weighted by Crippen LogP contribution is 2.43. The van der Waals surface area contributed by atoms with Gasteiger partial charge in [0.15, 0.2) is 0 Å². The molecule has 0 atom stereocenters. The molecule has 0 aromatic heterocycles. The van der Waals surface area contributed by atoms with E-state index in [2.05, 4.69) is 0 Å². The van der Waals surface area contributed by atoms with E-state index in [0.717, 1.165) is 11.4 Å². The van der Waals surface area contributed by atoms with Crippen molar-refractivity contribution in [2.45, 2.75) is 13.8 Å². The van der Waals surface area contributed by atoms with E-state index < -0.39 is 7.58 Å². The molecule has 0 spiro atoms. The van der Waals surface area contributed by atoms with Crippen LogP contribution in [0.25, 0.3) is 0 Å². The first kappa shape index (κ1) is 18.4. The molecule has 0 rings (SSSR count). The second-order valence-corrected chi connectivity index (χ2v) is 5.66. The predicted octanol–water partition coefficient (Wildman–Crippen LogP) is 1.27. The van der Waals surface area contributed by atoms with Gasteiger partial charge in [-0.1, -0.05) is 25.2 Å². The van der Waals surface area contributed by atoms with Gasteiger partial charge in [0.1, 0.15) is 0 Å². The van der Waals surface area contributed by atoms with Crippen LogP contribution in [0, 0.1) is 5.41 Å². The molecule has 0 saturated carbocycles. The number of hydrogen-bond donors (Lipinski definition) is 5. The van der Waals surface area contributed by atoms with Crippen molar-refractivity contribution in [1.82, 2.24) is 12.3 Å². The summed E-state index contributed by atoms with van der Waals surface area (Å²) in [4.78, 5) is 17.0. The van der Waals surface area contributed by atoms with Crippen molar-refractivity contribution < 1.29 is 14.9 Å². The topological polar surface area (TPSA) is 131 Å². The summed E-state index contributed by atoms with van der Waals surface area (Å²) in [6, 6.07) is 0. The quantitative estimate of drug-likeness (QED) is 0.451. The maximum atomic E-state index is 8.74. The third kappa shape index (κ3) is 10.6. The first-order valence-corrected chi connectivity index (χ1v) is 5.73. The van der Waals surface area contributed by atoms with Gasteiger partial charge in [0.25, 0.3) is 0 Å². The Bertz CT molecular complexity index is 105. The minimum Gasteiger partial charge on any atom is -0.396 e. The molecule has 0 unspecified atom stereocenters. The van der Waals surface area contributed by atoms with Gasteiger partial charge in [-0.15, -0.1) is 0 Å².